The molecule has 1 amide bonds. The van der Waals surface area contributed by atoms with Crippen LogP contribution in [0.3, 0.4) is 0 Å². The van der Waals surface area contributed by atoms with Crippen LogP contribution in [0.25, 0.3) is 11.3 Å². The molecule has 2 heterocycles. The maximum absolute atomic E-state index is 12.9. The van der Waals surface area contributed by atoms with E-state index in [4.69, 9.17) is 0 Å². The van der Waals surface area contributed by atoms with Gasteiger partial charge in [-0.25, -0.2) is 4.98 Å². The molecule has 4 rings (SSSR count). The number of halogens is 2. The van der Waals surface area contributed by atoms with E-state index < -0.39 is 6.04 Å². The van der Waals surface area contributed by atoms with Gasteiger partial charge in [-0.05, 0) is 43.7 Å². The molecule has 0 bridgehead atoms. The Hall–Kier alpha value is -2.23. The first-order chi connectivity index (χ1) is 13.9. The number of carbonyl (C=O) groups is 1. The maximum Gasteiger partial charge on any atom is 0.282 e. The lowest BCUT2D eigenvalue weighted by Crippen LogP contribution is -2.29. The van der Waals surface area contributed by atoms with E-state index in [1.165, 1.54) is 16.3 Å². The molecule has 2 aromatic carbocycles. The molecule has 6 nitrogen and oxygen atoms in total. The minimum atomic E-state index is -0.741. The van der Waals surface area contributed by atoms with Crippen molar-refractivity contribution >= 4 is 65.6 Å². The third-order valence-electron chi connectivity index (χ3n) is 4.35. The third-order valence-corrected chi connectivity index (χ3v) is 6.55. The minimum absolute atomic E-state index is 0.255. The average molecular weight is 533 g/mol. The summed E-state index contributed by atoms with van der Waals surface area (Å²) in [7, 11) is 0. The van der Waals surface area contributed by atoms with Crippen LogP contribution in [0.15, 0.2) is 72.1 Å². The highest BCUT2D eigenvalue weighted by atomic mass is 79.9. The zero-order valence-corrected chi connectivity index (χ0v) is 19.5. The van der Waals surface area contributed by atoms with E-state index in [-0.39, 0.29) is 5.91 Å². The Bertz CT molecular complexity index is 1140. The van der Waals surface area contributed by atoms with Crippen molar-refractivity contribution in [3.8, 4) is 11.3 Å². The van der Waals surface area contributed by atoms with Crippen molar-refractivity contribution in [2.24, 2.45) is 15.3 Å². The number of hydrogen-bond acceptors (Lipinski definition) is 6. The van der Waals surface area contributed by atoms with Crippen LogP contribution in [-0.2, 0) is 4.79 Å². The lowest BCUT2D eigenvalue weighted by atomic mass is 10.2. The lowest BCUT2D eigenvalue weighted by molar-refractivity contribution is -0.117. The Morgan fingerprint density at radius 2 is 1.86 bits per heavy atom. The molecular formula is C20H15Br2N5OS. The van der Waals surface area contributed by atoms with Gasteiger partial charge in [0.15, 0.2) is 6.04 Å². The van der Waals surface area contributed by atoms with Crippen molar-refractivity contribution in [2.45, 2.75) is 19.9 Å². The summed E-state index contributed by atoms with van der Waals surface area (Å²) in [6.45, 7) is 3.77. The highest BCUT2D eigenvalue weighted by Gasteiger charge is 2.36. The van der Waals surface area contributed by atoms with Gasteiger partial charge in [0.1, 0.15) is 0 Å². The van der Waals surface area contributed by atoms with E-state index in [1.54, 1.807) is 6.92 Å². The minimum Gasteiger partial charge on any atom is -0.269 e. The van der Waals surface area contributed by atoms with Crippen LogP contribution in [0.4, 0.5) is 10.8 Å². The Kier molecular flexibility index (Phi) is 5.71. The van der Waals surface area contributed by atoms with Crippen LogP contribution < -0.4 is 5.01 Å². The molecule has 0 saturated heterocycles. The van der Waals surface area contributed by atoms with Gasteiger partial charge in [0.2, 0.25) is 5.13 Å². The number of aromatic nitrogens is 1. The van der Waals surface area contributed by atoms with Crippen LogP contribution in [0.5, 0.6) is 0 Å². The fourth-order valence-electron chi connectivity index (χ4n) is 2.71. The van der Waals surface area contributed by atoms with E-state index in [0.29, 0.717) is 16.5 Å². The van der Waals surface area contributed by atoms with Crippen molar-refractivity contribution in [1.29, 1.82) is 0 Å². The SMILES string of the molecule is CC1=NN(c2nc(-c3ccc(Br)cc3)cs2)C(=O)C1N=Nc1ccc(C)c(Br)c1. The first-order valence-corrected chi connectivity index (χ1v) is 11.2. The topological polar surface area (TPSA) is 70.3 Å². The quantitative estimate of drug-likeness (QED) is 0.359. The van der Waals surface area contributed by atoms with Gasteiger partial charge in [0, 0.05) is 19.9 Å². The molecule has 0 N–H and O–H groups in total. The second kappa shape index (κ2) is 8.25. The molecule has 3 aromatic rings. The van der Waals surface area contributed by atoms with Gasteiger partial charge in [0.25, 0.3) is 5.91 Å². The van der Waals surface area contributed by atoms with Crippen molar-refractivity contribution in [3.05, 3.63) is 62.4 Å². The summed E-state index contributed by atoms with van der Waals surface area (Å²) in [5, 5.41) is 16.6. The number of benzene rings is 2. The average Bonchev–Trinajstić information content (AvgIpc) is 3.29. The van der Waals surface area contributed by atoms with Gasteiger partial charge in [0.05, 0.1) is 17.1 Å². The second-order valence-corrected chi connectivity index (χ2v) is 9.07. The van der Waals surface area contributed by atoms with E-state index >= 15 is 0 Å². The van der Waals surface area contributed by atoms with Crippen LogP contribution in [0.1, 0.15) is 12.5 Å². The number of hydrazone groups is 1. The van der Waals surface area contributed by atoms with Crippen molar-refractivity contribution in [1.82, 2.24) is 4.98 Å². The fraction of sp³-hybridized carbons (Fsp3) is 0.150. The van der Waals surface area contributed by atoms with Crippen LogP contribution in [0.2, 0.25) is 0 Å². The van der Waals surface area contributed by atoms with Crippen molar-refractivity contribution < 1.29 is 4.79 Å². The van der Waals surface area contributed by atoms with Gasteiger partial charge in [-0.15, -0.1) is 11.3 Å². The van der Waals surface area contributed by atoms with E-state index in [1.807, 2.05) is 54.8 Å². The van der Waals surface area contributed by atoms with E-state index in [0.717, 1.165) is 25.8 Å². The Morgan fingerprint density at radius 1 is 1.10 bits per heavy atom. The maximum atomic E-state index is 12.9. The van der Waals surface area contributed by atoms with E-state index in [2.05, 4.69) is 52.2 Å². The molecule has 1 aliphatic heterocycles. The highest BCUT2D eigenvalue weighted by Crippen LogP contribution is 2.31. The number of thiazole rings is 1. The Morgan fingerprint density at radius 3 is 2.59 bits per heavy atom. The van der Waals surface area contributed by atoms with E-state index in [9.17, 15) is 4.79 Å². The number of carbonyl (C=O) groups excluding carboxylic acids is 1. The van der Waals surface area contributed by atoms with Crippen LogP contribution >= 0.6 is 43.2 Å². The standard InChI is InChI=1S/C20H15Br2N5OS/c1-11-3-8-15(9-16(11)22)24-25-18-12(2)26-27(19(18)28)20-23-17(10-29-20)13-4-6-14(21)7-5-13/h3-10,18H,1-2H3. The smallest absolute Gasteiger partial charge is 0.269 e. The molecule has 1 atom stereocenters. The molecule has 1 aliphatic rings. The second-order valence-electron chi connectivity index (χ2n) is 6.47. The molecule has 1 aromatic heterocycles. The van der Waals surface area contributed by atoms with Gasteiger partial charge >= 0.3 is 0 Å². The number of aryl methyl sites for hydroxylation is 1. The van der Waals surface area contributed by atoms with Gasteiger partial charge in [-0.2, -0.15) is 20.3 Å². The highest BCUT2D eigenvalue weighted by molar-refractivity contribution is 9.10. The normalized spacial score (nSPS) is 16.7. The predicted octanol–water partition coefficient (Wildman–Crippen LogP) is 6.52. The molecule has 29 heavy (non-hydrogen) atoms. The van der Waals surface area contributed by atoms with Crippen molar-refractivity contribution in [2.75, 3.05) is 5.01 Å². The number of nitrogens with zero attached hydrogens (tertiary/aromatic N) is 5. The molecule has 9 heteroatoms. The Balaban J connectivity index is 1.54. The summed E-state index contributed by atoms with van der Waals surface area (Å²) in [6.07, 6.45) is 0. The number of hydrogen-bond donors (Lipinski definition) is 0. The van der Waals surface area contributed by atoms with Crippen LogP contribution in [0, 0.1) is 6.92 Å². The summed E-state index contributed by atoms with van der Waals surface area (Å²) >= 11 is 8.27. The van der Waals surface area contributed by atoms with Gasteiger partial charge in [-0.3, -0.25) is 4.79 Å². The molecule has 0 radical (unpaired) electrons. The number of azo groups is 1. The first kappa shape index (κ1) is 20.1. The van der Waals surface area contributed by atoms with Crippen LogP contribution in [-0.4, -0.2) is 22.6 Å². The Labute approximate surface area is 188 Å². The molecular weight excluding hydrogens is 518 g/mol. The largest absolute Gasteiger partial charge is 0.282 e. The summed E-state index contributed by atoms with van der Waals surface area (Å²) in [6, 6.07) is 12.8. The lowest BCUT2D eigenvalue weighted by Gasteiger charge is -2.08. The summed E-state index contributed by atoms with van der Waals surface area (Å²) < 4.78 is 1.95. The summed E-state index contributed by atoms with van der Waals surface area (Å²) in [5.74, 6) is -0.255. The first-order valence-electron chi connectivity index (χ1n) is 8.70. The fourth-order valence-corrected chi connectivity index (χ4v) is 4.13. The van der Waals surface area contributed by atoms with Gasteiger partial charge < -0.3 is 0 Å². The molecule has 0 spiro atoms. The molecule has 146 valence electrons. The summed E-state index contributed by atoms with van der Waals surface area (Å²) in [4.78, 5) is 17.4. The zero-order chi connectivity index (χ0) is 20.5. The molecule has 0 saturated carbocycles. The number of rotatable bonds is 4. The van der Waals surface area contributed by atoms with Crippen molar-refractivity contribution in [3.63, 3.8) is 0 Å². The monoisotopic (exact) mass is 531 g/mol. The van der Waals surface area contributed by atoms with Gasteiger partial charge in [-0.1, -0.05) is 50.1 Å². The number of amides is 1. The molecule has 0 fully saturated rings. The zero-order valence-electron chi connectivity index (χ0n) is 15.5. The molecule has 1 unspecified atom stereocenters. The third kappa shape index (κ3) is 4.22. The number of anilines is 1. The predicted molar refractivity (Wildman–Crippen MR) is 123 cm³/mol. The summed E-state index contributed by atoms with van der Waals surface area (Å²) in [5.41, 5.74) is 4.14. The molecule has 0 aliphatic carbocycles.